The molecule has 0 amide bonds. The Kier molecular flexibility index (Phi) is 1.75. The van der Waals surface area contributed by atoms with Gasteiger partial charge in [0.2, 0.25) is 0 Å². The van der Waals surface area contributed by atoms with Gasteiger partial charge in [0.05, 0.1) is 0 Å². The van der Waals surface area contributed by atoms with Crippen molar-refractivity contribution in [2.45, 2.75) is 19.8 Å². The third-order valence-electron chi connectivity index (χ3n) is 2.17. The van der Waals surface area contributed by atoms with Crippen molar-refractivity contribution in [2.24, 2.45) is 0 Å². The molecule has 0 saturated carbocycles. The van der Waals surface area contributed by atoms with Crippen molar-refractivity contribution in [2.75, 3.05) is 5.32 Å². The Hall–Kier alpha value is -1.06. The van der Waals surface area contributed by atoms with Crippen molar-refractivity contribution in [3.05, 3.63) is 29.3 Å². The summed E-state index contributed by atoms with van der Waals surface area (Å²) in [6.45, 7) is 2.80. The highest BCUT2D eigenvalue weighted by Crippen LogP contribution is 2.22. The Morgan fingerprint density at radius 1 is 1.50 bits per heavy atom. The molecular formula is C9H12N2O. The molecule has 1 aromatic carbocycles. The lowest BCUT2D eigenvalue weighted by Gasteiger charge is -2.25. The van der Waals surface area contributed by atoms with Crippen LogP contribution in [0, 0.1) is 6.92 Å². The Morgan fingerprint density at radius 3 is 3.17 bits per heavy atom. The van der Waals surface area contributed by atoms with Crippen LogP contribution in [0.25, 0.3) is 0 Å². The van der Waals surface area contributed by atoms with E-state index >= 15 is 0 Å². The van der Waals surface area contributed by atoms with Crippen molar-refractivity contribution < 1.29 is 5.11 Å². The Morgan fingerprint density at radius 2 is 2.33 bits per heavy atom. The van der Waals surface area contributed by atoms with E-state index in [0.29, 0.717) is 0 Å². The van der Waals surface area contributed by atoms with E-state index in [1.165, 1.54) is 11.1 Å². The van der Waals surface area contributed by atoms with Gasteiger partial charge in [-0.2, -0.15) is 0 Å². The van der Waals surface area contributed by atoms with E-state index < -0.39 is 6.35 Å². The molecule has 0 radical (unpaired) electrons. The quantitative estimate of drug-likeness (QED) is 0.531. The van der Waals surface area contributed by atoms with Crippen molar-refractivity contribution in [3.8, 4) is 0 Å². The van der Waals surface area contributed by atoms with E-state index in [1.54, 1.807) is 0 Å². The fraction of sp³-hybridized carbons (Fsp3) is 0.333. The van der Waals surface area contributed by atoms with Crippen molar-refractivity contribution in [1.82, 2.24) is 5.32 Å². The molecule has 1 aromatic rings. The van der Waals surface area contributed by atoms with Gasteiger partial charge in [-0.25, -0.2) is 0 Å². The number of hydrogen-bond acceptors (Lipinski definition) is 3. The van der Waals surface area contributed by atoms with Crippen LogP contribution < -0.4 is 10.6 Å². The maximum atomic E-state index is 9.22. The van der Waals surface area contributed by atoms with Gasteiger partial charge in [-0.05, 0) is 24.1 Å². The van der Waals surface area contributed by atoms with E-state index in [4.69, 9.17) is 0 Å². The van der Waals surface area contributed by atoms with Crippen molar-refractivity contribution in [1.29, 1.82) is 0 Å². The average molecular weight is 164 g/mol. The van der Waals surface area contributed by atoms with E-state index in [9.17, 15) is 5.11 Å². The molecule has 1 aliphatic rings. The number of aryl methyl sites for hydroxylation is 1. The predicted octanol–water partition coefficient (Wildman–Crippen LogP) is 0.786. The molecule has 0 spiro atoms. The predicted molar refractivity (Wildman–Crippen MR) is 47.6 cm³/mol. The lowest BCUT2D eigenvalue weighted by Crippen LogP contribution is -2.39. The average Bonchev–Trinajstić information content (AvgIpc) is 2.04. The number of nitrogens with one attached hydrogen (secondary N) is 2. The number of hydrogen-bond donors (Lipinski definition) is 3. The molecule has 0 fully saturated rings. The number of rotatable bonds is 0. The van der Waals surface area contributed by atoms with E-state index in [0.717, 1.165) is 12.2 Å². The molecule has 1 unspecified atom stereocenters. The van der Waals surface area contributed by atoms with Gasteiger partial charge in [0.15, 0.2) is 6.35 Å². The van der Waals surface area contributed by atoms with Crippen LogP contribution in [0.15, 0.2) is 18.2 Å². The largest absolute Gasteiger partial charge is 0.361 e. The van der Waals surface area contributed by atoms with Gasteiger partial charge in [-0.1, -0.05) is 12.1 Å². The molecule has 0 bridgehead atoms. The van der Waals surface area contributed by atoms with Crippen molar-refractivity contribution in [3.63, 3.8) is 0 Å². The second kappa shape index (κ2) is 2.77. The summed E-state index contributed by atoms with van der Waals surface area (Å²) in [6.07, 6.45) is -0.612. The zero-order valence-corrected chi connectivity index (χ0v) is 6.96. The number of anilines is 1. The summed E-state index contributed by atoms with van der Waals surface area (Å²) in [5.74, 6) is 0. The number of aliphatic hydroxyl groups is 1. The second-order valence-corrected chi connectivity index (χ2v) is 3.03. The van der Waals surface area contributed by atoms with Gasteiger partial charge in [-0.15, -0.1) is 0 Å². The maximum Gasteiger partial charge on any atom is 0.181 e. The zero-order valence-electron chi connectivity index (χ0n) is 6.96. The van der Waals surface area contributed by atoms with Crippen LogP contribution in [0.3, 0.4) is 0 Å². The van der Waals surface area contributed by atoms with Crippen LogP contribution >= 0.6 is 0 Å². The fourth-order valence-corrected chi connectivity index (χ4v) is 1.47. The van der Waals surface area contributed by atoms with Crippen LogP contribution in [0.4, 0.5) is 5.69 Å². The third kappa shape index (κ3) is 1.17. The highest BCUT2D eigenvalue weighted by atomic mass is 16.3. The number of fused-ring (bicyclic) bond motifs is 1. The molecule has 1 heterocycles. The molecule has 2 rings (SSSR count). The highest BCUT2D eigenvalue weighted by Gasteiger charge is 2.14. The summed E-state index contributed by atoms with van der Waals surface area (Å²) in [7, 11) is 0. The van der Waals surface area contributed by atoms with Crippen LogP contribution in [-0.2, 0) is 6.54 Å². The standard InChI is InChI=1S/C9H12N2O/c1-6-3-2-4-8-7(6)5-10-9(12)11-8/h2-4,9-12H,5H2,1H3. The van der Waals surface area contributed by atoms with Crippen molar-refractivity contribution >= 4 is 5.69 Å². The van der Waals surface area contributed by atoms with Gasteiger partial charge in [0.25, 0.3) is 0 Å². The third-order valence-corrected chi connectivity index (χ3v) is 2.17. The first-order chi connectivity index (χ1) is 5.77. The lowest BCUT2D eigenvalue weighted by atomic mass is 10.1. The summed E-state index contributed by atoms with van der Waals surface area (Å²) < 4.78 is 0. The zero-order chi connectivity index (χ0) is 8.55. The summed E-state index contributed by atoms with van der Waals surface area (Å²) in [4.78, 5) is 0. The summed E-state index contributed by atoms with van der Waals surface area (Å²) in [5, 5.41) is 15.1. The maximum absolute atomic E-state index is 9.22. The highest BCUT2D eigenvalue weighted by molar-refractivity contribution is 5.55. The van der Waals surface area contributed by atoms with Gasteiger partial charge in [-0.3, -0.25) is 5.32 Å². The molecule has 1 atom stereocenters. The molecular weight excluding hydrogens is 152 g/mol. The molecule has 0 aromatic heterocycles. The normalized spacial score (nSPS) is 21.3. The molecule has 3 N–H and O–H groups in total. The minimum atomic E-state index is -0.612. The number of benzene rings is 1. The molecule has 0 saturated heterocycles. The summed E-state index contributed by atoms with van der Waals surface area (Å²) >= 11 is 0. The van der Waals surface area contributed by atoms with Gasteiger partial charge in [0, 0.05) is 12.2 Å². The molecule has 12 heavy (non-hydrogen) atoms. The molecule has 0 aliphatic carbocycles. The Labute approximate surface area is 71.4 Å². The Bertz CT molecular complexity index is 299. The Balaban J connectivity index is 2.42. The smallest absolute Gasteiger partial charge is 0.181 e. The van der Waals surface area contributed by atoms with Crippen LogP contribution in [0.5, 0.6) is 0 Å². The van der Waals surface area contributed by atoms with E-state index in [1.807, 2.05) is 12.1 Å². The summed E-state index contributed by atoms with van der Waals surface area (Å²) in [6, 6.07) is 6.03. The second-order valence-electron chi connectivity index (χ2n) is 3.03. The SMILES string of the molecule is Cc1cccc2c1CNC(O)N2. The lowest BCUT2D eigenvalue weighted by molar-refractivity contribution is 0.158. The van der Waals surface area contributed by atoms with Crippen LogP contribution in [0.1, 0.15) is 11.1 Å². The van der Waals surface area contributed by atoms with Gasteiger partial charge < -0.3 is 10.4 Å². The molecule has 3 nitrogen and oxygen atoms in total. The monoisotopic (exact) mass is 164 g/mol. The van der Waals surface area contributed by atoms with Crippen LogP contribution in [0.2, 0.25) is 0 Å². The van der Waals surface area contributed by atoms with Gasteiger partial charge in [0.1, 0.15) is 0 Å². The number of aliphatic hydroxyl groups excluding tert-OH is 1. The molecule has 3 heteroatoms. The topological polar surface area (TPSA) is 44.3 Å². The fourth-order valence-electron chi connectivity index (χ4n) is 1.47. The molecule has 1 aliphatic heterocycles. The van der Waals surface area contributed by atoms with Crippen LogP contribution in [-0.4, -0.2) is 11.5 Å². The first-order valence-corrected chi connectivity index (χ1v) is 4.04. The minimum absolute atomic E-state index is 0.612. The van der Waals surface area contributed by atoms with E-state index in [-0.39, 0.29) is 0 Å². The first-order valence-electron chi connectivity index (χ1n) is 4.04. The molecule has 64 valence electrons. The van der Waals surface area contributed by atoms with Gasteiger partial charge >= 0.3 is 0 Å². The van der Waals surface area contributed by atoms with E-state index in [2.05, 4.69) is 23.6 Å². The first kappa shape index (κ1) is 7.58. The minimum Gasteiger partial charge on any atom is -0.361 e. The summed E-state index contributed by atoms with van der Waals surface area (Å²) in [5.41, 5.74) is 3.52.